The molecule has 0 aromatic heterocycles. The summed E-state index contributed by atoms with van der Waals surface area (Å²) in [6, 6.07) is 0. The highest BCUT2D eigenvalue weighted by Crippen LogP contribution is 2.35. The first-order valence-corrected chi connectivity index (χ1v) is 4.97. The van der Waals surface area contributed by atoms with E-state index in [1.165, 1.54) is 0 Å². The number of halogens is 1. The van der Waals surface area contributed by atoms with Gasteiger partial charge >= 0.3 is 7.82 Å². The Labute approximate surface area is 61.6 Å². The van der Waals surface area contributed by atoms with Crippen molar-refractivity contribution in [2.45, 2.75) is 6.42 Å². The monoisotopic (exact) mass is 218 g/mol. The Hall–Kier alpha value is 0.590. The Morgan fingerprint density at radius 1 is 1.56 bits per heavy atom. The molecule has 0 amide bonds. The van der Waals surface area contributed by atoms with Gasteiger partial charge in [-0.25, -0.2) is 4.57 Å². The molecule has 0 heterocycles. The van der Waals surface area contributed by atoms with E-state index < -0.39 is 7.82 Å². The zero-order valence-corrected chi connectivity index (χ0v) is 7.14. The van der Waals surface area contributed by atoms with Gasteiger partial charge in [-0.1, -0.05) is 15.9 Å². The number of alkyl halides is 1. The molecule has 0 radical (unpaired) electrons. The highest BCUT2D eigenvalue weighted by Gasteiger charge is 2.11. The van der Waals surface area contributed by atoms with Gasteiger partial charge in [-0.3, -0.25) is 4.52 Å². The second-order valence-electron chi connectivity index (χ2n) is 1.37. The quantitative estimate of drug-likeness (QED) is 0.418. The summed E-state index contributed by atoms with van der Waals surface area (Å²) in [7, 11) is -4.22. The Kier molecular flexibility index (Phi) is 4.70. The van der Waals surface area contributed by atoms with Crippen molar-refractivity contribution < 1.29 is 18.9 Å². The average Bonchev–Trinajstić information content (AvgIpc) is 1.63. The fraction of sp³-hybridized carbons (Fsp3) is 1.00. The lowest BCUT2D eigenvalue weighted by atomic mass is 10.5. The number of rotatable bonds is 4. The highest BCUT2D eigenvalue weighted by atomic mass is 79.9. The van der Waals surface area contributed by atoms with Crippen LogP contribution in [-0.4, -0.2) is 21.7 Å². The minimum Gasteiger partial charge on any atom is -0.303 e. The number of phosphoric acid groups is 1. The fourth-order valence-electron chi connectivity index (χ4n) is 0.238. The first kappa shape index (κ1) is 9.59. The van der Waals surface area contributed by atoms with E-state index in [-0.39, 0.29) is 6.61 Å². The second-order valence-corrected chi connectivity index (χ2v) is 3.40. The van der Waals surface area contributed by atoms with Gasteiger partial charge in [0.05, 0.1) is 6.61 Å². The summed E-state index contributed by atoms with van der Waals surface area (Å²) in [6.07, 6.45) is 0.602. The molecule has 0 aliphatic rings. The molecular formula is C3H8BrO4P. The van der Waals surface area contributed by atoms with Crippen LogP contribution >= 0.6 is 23.8 Å². The van der Waals surface area contributed by atoms with Crippen molar-refractivity contribution in [2.75, 3.05) is 11.9 Å². The van der Waals surface area contributed by atoms with Crippen LogP contribution in [0.4, 0.5) is 0 Å². The lowest BCUT2D eigenvalue weighted by Gasteiger charge is -2.01. The van der Waals surface area contributed by atoms with Crippen molar-refractivity contribution >= 4 is 23.8 Å². The van der Waals surface area contributed by atoms with Crippen LogP contribution in [0.5, 0.6) is 0 Å². The Bertz CT molecular complexity index is 110. The van der Waals surface area contributed by atoms with Crippen molar-refractivity contribution in [1.82, 2.24) is 0 Å². The molecule has 0 saturated carbocycles. The molecule has 0 atom stereocenters. The summed E-state index contributed by atoms with van der Waals surface area (Å²) < 4.78 is 14.1. The normalized spacial score (nSPS) is 11.9. The van der Waals surface area contributed by atoms with Gasteiger partial charge in [-0.15, -0.1) is 0 Å². The molecule has 0 aromatic rings. The Morgan fingerprint density at radius 3 is 2.44 bits per heavy atom. The maximum absolute atomic E-state index is 9.96. The number of hydrogen-bond acceptors (Lipinski definition) is 2. The topological polar surface area (TPSA) is 66.8 Å². The highest BCUT2D eigenvalue weighted by molar-refractivity contribution is 9.09. The first-order valence-electron chi connectivity index (χ1n) is 2.32. The van der Waals surface area contributed by atoms with E-state index in [2.05, 4.69) is 20.5 Å². The third-order valence-corrected chi connectivity index (χ3v) is 1.62. The molecule has 0 spiro atoms. The molecule has 0 fully saturated rings. The van der Waals surface area contributed by atoms with Crippen molar-refractivity contribution in [3.05, 3.63) is 0 Å². The fourth-order valence-corrected chi connectivity index (χ4v) is 0.834. The Balaban J connectivity index is 3.18. The summed E-state index contributed by atoms with van der Waals surface area (Å²) in [5, 5.41) is 0.688. The molecule has 0 bridgehead atoms. The van der Waals surface area contributed by atoms with Crippen LogP contribution in [0.3, 0.4) is 0 Å². The summed E-state index contributed by atoms with van der Waals surface area (Å²) in [5.74, 6) is 0. The van der Waals surface area contributed by atoms with Crippen molar-refractivity contribution in [3.63, 3.8) is 0 Å². The van der Waals surface area contributed by atoms with Crippen LogP contribution < -0.4 is 0 Å². The van der Waals surface area contributed by atoms with Gasteiger partial charge in [0, 0.05) is 5.33 Å². The minimum absolute atomic E-state index is 0.0928. The molecular weight excluding hydrogens is 211 g/mol. The largest absolute Gasteiger partial charge is 0.469 e. The van der Waals surface area contributed by atoms with E-state index in [9.17, 15) is 4.57 Å². The molecule has 0 rings (SSSR count). The summed E-state index contributed by atoms with van der Waals surface area (Å²) in [5.41, 5.74) is 0. The van der Waals surface area contributed by atoms with E-state index in [1.54, 1.807) is 0 Å². The van der Waals surface area contributed by atoms with E-state index in [1.807, 2.05) is 0 Å². The van der Waals surface area contributed by atoms with Gasteiger partial charge in [0.25, 0.3) is 0 Å². The maximum Gasteiger partial charge on any atom is 0.469 e. The Morgan fingerprint density at radius 2 is 2.11 bits per heavy atom. The molecule has 2 N–H and O–H groups in total. The lowest BCUT2D eigenvalue weighted by Crippen LogP contribution is -1.91. The molecule has 56 valence electrons. The number of phosphoric ester groups is 1. The number of hydrogen-bond donors (Lipinski definition) is 2. The van der Waals surface area contributed by atoms with Crippen molar-refractivity contribution in [1.29, 1.82) is 0 Å². The molecule has 0 unspecified atom stereocenters. The van der Waals surface area contributed by atoms with E-state index >= 15 is 0 Å². The van der Waals surface area contributed by atoms with Gasteiger partial charge in [0.1, 0.15) is 0 Å². The predicted octanol–water partition coefficient (Wildman–Crippen LogP) is 0.881. The van der Waals surface area contributed by atoms with Crippen LogP contribution in [0.2, 0.25) is 0 Å². The molecule has 0 saturated heterocycles. The van der Waals surface area contributed by atoms with Gasteiger partial charge in [0.15, 0.2) is 0 Å². The first-order chi connectivity index (χ1) is 4.06. The zero-order chi connectivity index (χ0) is 7.33. The minimum atomic E-state index is -4.22. The van der Waals surface area contributed by atoms with Crippen LogP contribution in [0.25, 0.3) is 0 Å². The third kappa shape index (κ3) is 8.59. The second kappa shape index (κ2) is 4.41. The molecule has 0 aliphatic heterocycles. The van der Waals surface area contributed by atoms with Crippen LogP contribution in [0.15, 0.2) is 0 Å². The molecule has 6 heteroatoms. The maximum atomic E-state index is 9.96. The van der Waals surface area contributed by atoms with Crippen LogP contribution in [0.1, 0.15) is 6.42 Å². The summed E-state index contributed by atoms with van der Waals surface area (Å²) >= 11 is 3.08. The van der Waals surface area contributed by atoms with Gasteiger partial charge in [-0.2, -0.15) is 0 Å². The summed E-state index contributed by atoms with van der Waals surface area (Å²) in [6.45, 7) is 0.0928. The van der Waals surface area contributed by atoms with Crippen molar-refractivity contribution in [2.24, 2.45) is 0 Å². The standard InChI is InChI=1S/C3H8BrO4P/c4-2-1-3-8-9(5,6)7/h1-3H2,(H2,5,6,7). The zero-order valence-electron chi connectivity index (χ0n) is 4.66. The molecule has 0 aliphatic carbocycles. The smallest absolute Gasteiger partial charge is 0.303 e. The van der Waals surface area contributed by atoms with Gasteiger partial charge < -0.3 is 9.79 Å². The average molecular weight is 219 g/mol. The van der Waals surface area contributed by atoms with Gasteiger partial charge in [0.2, 0.25) is 0 Å². The van der Waals surface area contributed by atoms with Crippen LogP contribution in [-0.2, 0) is 9.09 Å². The van der Waals surface area contributed by atoms with E-state index in [4.69, 9.17) is 9.79 Å². The lowest BCUT2D eigenvalue weighted by molar-refractivity contribution is 0.198. The molecule has 4 nitrogen and oxygen atoms in total. The SMILES string of the molecule is O=P(O)(O)OCCCBr. The molecule has 0 aromatic carbocycles. The van der Waals surface area contributed by atoms with Gasteiger partial charge in [-0.05, 0) is 6.42 Å². The summed E-state index contributed by atoms with van der Waals surface area (Å²) in [4.78, 5) is 16.2. The van der Waals surface area contributed by atoms with E-state index in [0.29, 0.717) is 11.8 Å². The predicted molar refractivity (Wildman–Crippen MR) is 36.4 cm³/mol. The van der Waals surface area contributed by atoms with Crippen LogP contribution in [0, 0.1) is 0 Å². The van der Waals surface area contributed by atoms with E-state index in [0.717, 1.165) is 0 Å². The third-order valence-electron chi connectivity index (χ3n) is 0.537. The molecule has 9 heavy (non-hydrogen) atoms. The van der Waals surface area contributed by atoms with Crippen molar-refractivity contribution in [3.8, 4) is 0 Å².